The first kappa shape index (κ1) is 15.5. The lowest BCUT2D eigenvalue weighted by Gasteiger charge is -2.34. The summed E-state index contributed by atoms with van der Waals surface area (Å²) in [5.74, 6) is 2.36. The number of hydrogen-bond acceptors (Lipinski definition) is 4. The summed E-state index contributed by atoms with van der Waals surface area (Å²) in [5.41, 5.74) is 0. The van der Waals surface area contributed by atoms with Crippen LogP contribution in [0.2, 0.25) is 0 Å². The maximum Gasteiger partial charge on any atom is 0.231 e. The summed E-state index contributed by atoms with van der Waals surface area (Å²) in [5, 5.41) is 4.05. The zero-order chi connectivity index (χ0) is 15.4. The summed E-state index contributed by atoms with van der Waals surface area (Å²) in [4.78, 5) is 19.3. The van der Waals surface area contributed by atoms with E-state index in [1.165, 1.54) is 19.3 Å². The molecule has 3 rings (SSSR count). The van der Waals surface area contributed by atoms with Gasteiger partial charge in [-0.25, -0.2) is 0 Å². The van der Waals surface area contributed by atoms with Gasteiger partial charge >= 0.3 is 0 Å². The van der Waals surface area contributed by atoms with E-state index in [1.807, 2.05) is 4.90 Å². The second-order valence-electron chi connectivity index (χ2n) is 6.76. The van der Waals surface area contributed by atoms with Crippen molar-refractivity contribution in [3.8, 4) is 0 Å². The first-order valence-electron chi connectivity index (χ1n) is 8.89. The third kappa shape index (κ3) is 3.50. The van der Waals surface area contributed by atoms with Gasteiger partial charge in [-0.05, 0) is 32.1 Å². The molecule has 5 heteroatoms. The highest BCUT2D eigenvalue weighted by molar-refractivity contribution is 5.79. The highest BCUT2D eigenvalue weighted by atomic mass is 16.5. The molecule has 0 radical (unpaired) electrons. The Hall–Kier alpha value is -1.39. The molecule has 1 aliphatic carbocycles. The summed E-state index contributed by atoms with van der Waals surface area (Å²) < 4.78 is 5.43. The summed E-state index contributed by atoms with van der Waals surface area (Å²) in [6.45, 7) is 3.76. The van der Waals surface area contributed by atoms with Crippen molar-refractivity contribution in [2.24, 2.45) is 5.92 Å². The first-order chi connectivity index (χ1) is 10.8. The van der Waals surface area contributed by atoms with Crippen molar-refractivity contribution in [1.29, 1.82) is 0 Å². The first-order valence-corrected chi connectivity index (χ1v) is 8.89. The Bertz CT molecular complexity index is 494. The van der Waals surface area contributed by atoms with Crippen LogP contribution in [0.15, 0.2) is 4.52 Å². The van der Waals surface area contributed by atoms with Gasteiger partial charge in [0.15, 0.2) is 5.82 Å². The molecule has 122 valence electrons. The smallest absolute Gasteiger partial charge is 0.231 e. The van der Waals surface area contributed by atoms with E-state index in [2.05, 4.69) is 17.1 Å². The van der Waals surface area contributed by atoms with E-state index in [1.54, 1.807) is 0 Å². The fourth-order valence-corrected chi connectivity index (χ4v) is 3.75. The molecular formula is C17H27N3O2. The maximum absolute atomic E-state index is 12.7. The van der Waals surface area contributed by atoms with Gasteiger partial charge in [-0.3, -0.25) is 4.79 Å². The maximum atomic E-state index is 12.7. The Kier molecular flexibility index (Phi) is 5.11. The van der Waals surface area contributed by atoms with Crippen molar-refractivity contribution < 1.29 is 9.32 Å². The molecule has 2 heterocycles. The Morgan fingerprint density at radius 3 is 2.82 bits per heavy atom. The van der Waals surface area contributed by atoms with Crippen LogP contribution in [0, 0.1) is 5.92 Å². The second kappa shape index (κ2) is 7.25. The molecule has 5 nitrogen and oxygen atoms in total. The average molecular weight is 305 g/mol. The molecule has 1 amide bonds. The summed E-state index contributed by atoms with van der Waals surface area (Å²) in [6, 6.07) is 0. The molecule has 1 aliphatic heterocycles. The van der Waals surface area contributed by atoms with E-state index in [4.69, 9.17) is 4.52 Å². The molecule has 1 saturated carbocycles. The molecule has 1 aromatic heterocycles. The average Bonchev–Trinajstić information content (AvgIpc) is 3.04. The lowest BCUT2D eigenvalue weighted by Crippen LogP contribution is -2.42. The van der Waals surface area contributed by atoms with Gasteiger partial charge in [0.05, 0.1) is 5.92 Å². The SMILES string of the molecule is CCCc1noc([C@@H]2CCCN(C(=O)C3CCCCC3)C2)n1. The molecule has 0 aromatic carbocycles. The van der Waals surface area contributed by atoms with Gasteiger partial charge < -0.3 is 9.42 Å². The fraction of sp³-hybridized carbons (Fsp3) is 0.824. The van der Waals surface area contributed by atoms with Crippen LogP contribution < -0.4 is 0 Å². The third-order valence-electron chi connectivity index (χ3n) is 4.99. The number of carbonyl (C=O) groups excluding carboxylic acids is 1. The number of rotatable bonds is 4. The van der Waals surface area contributed by atoms with Crippen LogP contribution in [0.3, 0.4) is 0 Å². The second-order valence-corrected chi connectivity index (χ2v) is 6.76. The van der Waals surface area contributed by atoms with Crippen LogP contribution in [0.1, 0.15) is 75.9 Å². The predicted octanol–water partition coefficient (Wildman–Crippen LogP) is 3.31. The quantitative estimate of drug-likeness (QED) is 0.856. The third-order valence-corrected chi connectivity index (χ3v) is 4.99. The van der Waals surface area contributed by atoms with Crippen LogP contribution >= 0.6 is 0 Å². The van der Waals surface area contributed by atoms with Crippen molar-refractivity contribution in [2.45, 2.75) is 70.6 Å². The zero-order valence-corrected chi connectivity index (χ0v) is 13.6. The van der Waals surface area contributed by atoms with Crippen molar-refractivity contribution in [1.82, 2.24) is 15.0 Å². The minimum atomic E-state index is 0.222. The molecule has 22 heavy (non-hydrogen) atoms. The van der Waals surface area contributed by atoms with Gasteiger partial charge in [-0.1, -0.05) is 31.3 Å². The number of carbonyl (C=O) groups is 1. The molecule has 1 saturated heterocycles. The Morgan fingerprint density at radius 1 is 1.23 bits per heavy atom. The number of likely N-dealkylation sites (tertiary alicyclic amines) is 1. The Labute approximate surface area is 132 Å². The van der Waals surface area contributed by atoms with Crippen molar-refractivity contribution in [3.63, 3.8) is 0 Å². The lowest BCUT2D eigenvalue weighted by molar-refractivity contribution is -0.137. The van der Waals surface area contributed by atoms with Crippen LogP contribution in [0.4, 0.5) is 0 Å². The monoisotopic (exact) mass is 305 g/mol. The minimum Gasteiger partial charge on any atom is -0.342 e. The minimum absolute atomic E-state index is 0.222. The molecule has 0 spiro atoms. The zero-order valence-electron chi connectivity index (χ0n) is 13.6. The number of nitrogens with zero attached hydrogens (tertiary/aromatic N) is 3. The number of piperidine rings is 1. The van der Waals surface area contributed by atoms with E-state index in [-0.39, 0.29) is 11.8 Å². The van der Waals surface area contributed by atoms with Crippen LogP contribution in [0.25, 0.3) is 0 Å². The molecule has 0 bridgehead atoms. The summed E-state index contributed by atoms with van der Waals surface area (Å²) in [7, 11) is 0. The normalized spacial score (nSPS) is 23.7. The van der Waals surface area contributed by atoms with E-state index in [0.29, 0.717) is 5.91 Å². The van der Waals surface area contributed by atoms with Crippen LogP contribution in [0.5, 0.6) is 0 Å². The molecule has 1 aromatic rings. The van der Waals surface area contributed by atoms with E-state index >= 15 is 0 Å². The van der Waals surface area contributed by atoms with Gasteiger partial charge in [0, 0.05) is 25.4 Å². The van der Waals surface area contributed by atoms with Crippen LogP contribution in [-0.4, -0.2) is 34.0 Å². The van der Waals surface area contributed by atoms with Crippen molar-refractivity contribution in [2.75, 3.05) is 13.1 Å². The number of amides is 1. The standard InChI is InChI=1S/C17H27N3O2/c1-2-7-15-18-16(22-19-15)14-10-6-11-20(12-14)17(21)13-8-4-3-5-9-13/h13-14H,2-12H2,1H3/t14-/m1/s1. The van der Waals surface area contributed by atoms with E-state index in [0.717, 1.165) is 63.3 Å². The Morgan fingerprint density at radius 2 is 2.05 bits per heavy atom. The van der Waals surface area contributed by atoms with Gasteiger partial charge in [0.25, 0.3) is 0 Å². The summed E-state index contributed by atoms with van der Waals surface area (Å²) in [6.07, 6.45) is 9.81. The molecule has 1 atom stereocenters. The number of hydrogen-bond donors (Lipinski definition) is 0. The fourth-order valence-electron chi connectivity index (χ4n) is 3.75. The van der Waals surface area contributed by atoms with E-state index in [9.17, 15) is 4.79 Å². The highest BCUT2D eigenvalue weighted by Crippen LogP contribution is 2.30. The Balaban J connectivity index is 1.61. The van der Waals surface area contributed by atoms with Crippen molar-refractivity contribution >= 4 is 5.91 Å². The van der Waals surface area contributed by atoms with Crippen molar-refractivity contribution in [3.05, 3.63) is 11.7 Å². The highest BCUT2D eigenvalue weighted by Gasteiger charge is 2.32. The lowest BCUT2D eigenvalue weighted by atomic mass is 9.87. The van der Waals surface area contributed by atoms with Gasteiger partial charge in [0.1, 0.15) is 0 Å². The van der Waals surface area contributed by atoms with Gasteiger partial charge in [-0.15, -0.1) is 0 Å². The van der Waals surface area contributed by atoms with Crippen LogP contribution in [-0.2, 0) is 11.2 Å². The summed E-state index contributed by atoms with van der Waals surface area (Å²) >= 11 is 0. The van der Waals surface area contributed by atoms with Gasteiger partial charge in [-0.2, -0.15) is 4.98 Å². The number of aryl methyl sites for hydroxylation is 1. The molecule has 0 unspecified atom stereocenters. The molecule has 0 N–H and O–H groups in total. The van der Waals surface area contributed by atoms with E-state index < -0.39 is 0 Å². The predicted molar refractivity (Wildman–Crippen MR) is 83.4 cm³/mol. The molecule has 2 fully saturated rings. The topological polar surface area (TPSA) is 59.2 Å². The van der Waals surface area contributed by atoms with Gasteiger partial charge in [0.2, 0.25) is 11.8 Å². The molecular weight excluding hydrogens is 278 g/mol. The molecule has 2 aliphatic rings. The largest absolute Gasteiger partial charge is 0.342 e. The number of aromatic nitrogens is 2.